The Kier molecular flexibility index (Phi) is 6.73. The molecule has 3 heterocycles. The first kappa shape index (κ1) is 20.0. The minimum absolute atomic E-state index is 0.572. The van der Waals surface area contributed by atoms with E-state index in [0.29, 0.717) is 13.1 Å². The zero-order valence-electron chi connectivity index (χ0n) is 16.5. The van der Waals surface area contributed by atoms with Gasteiger partial charge in [0, 0.05) is 43.1 Å². The van der Waals surface area contributed by atoms with E-state index >= 15 is 0 Å². The fraction of sp³-hybridized carbons (Fsp3) is 0.286. The molecule has 3 aromatic heterocycles. The Labute approximate surface area is 169 Å². The highest BCUT2D eigenvalue weighted by Gasteiger charge is 2.05. The van der Waals surface area contributed by atoms with Gasteiger partial charge in [0.15, 0.2) is 0 Å². The number of benzene rings is 1. The van der Waals surface area contributed by atoms with Gasteiger partial charge in [-0.15, -0.1) is 11.3 Å². The predicted molar refractivity (Wildman–Crippen MR) is 114 cm³/mol. The number of hydrogen-bond acceptors (Lipinski definition) is 5. The Bertz CT molecular complexity index is 983. The number of rotatable bonds is 5. The second-order valence-electron chi connectivity index (χ2n) is 6.53. The molecule has 0 radical (unpaired) electrons. The van der Waals surface area contributed by atoms with Crippen LogP contribution in [0.5, 0.6) is 0 Å². The Hall–Kier alpha value is -2.77. The van der Waals surface area contributed by atoms with Gasteiger partial charge in [-0.3, -0.25) is 9.36 Å². The molecule has 0 atom stereocenters. The Morgan fingerprint density at radius 1 is 1.18 bits per heavy atom. The third-order valence-corrected chi connectivity index (χ3v) is 5.26. The predicted octanol–water partition coefficient (Wildman–Crippen LogP) is 3.80. The van der Waals surface area contributed by atoms with E-state index in [2.05, 4.69) is 46.5 Å². The zero-order chi connectivity index (χ0) is 19.9. The molecular weight excluding hydrogens is 368 g/mol. The summed E-state index contributed by atoms with van der Waals surface area (Å²) in [6, 6.07) is 10.1. The molecule has 0 bridgehead atoms. The summed E-state index contributed by atoms with van der Waals surface area (Å²) < 4.78 is 3.73. The number of nitrogens with zero attached hydrogens (tertiary/aromatic N) is 5. The summed E-state index contributed by atoms with van der Waals surface area (Å²) in [5.74, 6) is 0. The van der Waals surface area contributed by atoms with Gasteiger partial charge < -0.3 is 5.73 Å². The van der Waals surface area contributed by atoms with Crippen LogP contribution in [0.2, 0.25) is 0 Å². The van der Waals surface area contributed by atoms with Crippen LogP contribution in [0, 0.1) is 6.92 Å². The van der Waals surface area contributed by atoms with Gasteiger partial charge in [-0.2, -0.15) is 10.2 Å². The molecule has 7 heteroatoms. The Balaban J connectivity index is 0.000000211. The molecule has 0 fully saturated rings. The summed E-state index contributed by atoms with van der Waals surface area (Å²) in [5, 5.41) is 11.5. The summed E-state index contributed by atoms with van der Waals surface area (Å²) in [6.07, 6.45) is 6.79. The van der Waals surface area contributed by atoms with E-state index < -0.39 is 0 Å². The standard InChI is InChI=1S/C14H14N4S.C7H12N2/c15-8-11-2-4-12(5-3-11)14-17-13(10-19-14)9-18-7-1-6-16-18;1-4-7-6(2)5-9(3)8-7/h1-7,10H,8-9,15H2;5H,4H2,1-3H3. The zero-order valence-corrected chi connectivity index (χ0v) is 17.4. The summed E-state index contributed by atoms with van der Waals surface area (Å²) in [6.45, 7) is 5.49. The van der Waals surface area contributed by atoms with Gasteiger partial charge in [-0.1, -0.05) is 31.2 Å². The molecule has 0 aliphatic rings. The molecule has 4 aromatic rings. The third-order valence-electron chi connectivity index (χ3n) is 4.32. The first-order valence-electron chi connectivity index (χ1n) is 9.29. The average molecular weight is 395 g/mol. The maximum absolute atomic E-state index is 5.60. The van der Waals surface area contributed by atoms with Crippen LogP contribution < -0.4 is 5.73 Å². The van der Waals surface area contributed by atoms with Crippen molar-refractivity contribution in [3.63, 3.8) is 0 Å². The first-order chi connectivity index (χ1) is 13.6. The van der Waals surface area contributed by atoms with E-state index in [1.54, 1.807) is 17.5 Å². The molecule has 146 valence electrons. The molecule has 0 amide bonds. The highest BCUT2D eigenvalue weighted by molar-refractivity contribution is 7.13. The number of nitrogens with two attached hydrogens (primary N) is 1. The van der Waals surface area contributed by atoms with Gasteiger partial charge in [0.1, 0.15) is 5.01 Å². The van der Waals surface area contributed by atoms with Crippen molar-refractivity contribution < 1.29 is 0 Å². The van der Waals surface area contributed by atoms with Crippen molar-refractivity contribution in [2.75, 3.05) is 0 Å². The van der Waals surface area contributed by atoms with Gasteiger partial charge in [0.2, 0.25) is 0 Å². The number of hydrogen-bond donors (Lipinski definition) is 1. The Morgan fingerprint density at radius 3 is 2.50 bits per heavy atom. The van der Waals surface area contributed by atoms with Crippen molar-refractivity contribution in [1.29, 1.82) is 0 Å². The van der Waals surface area contributed by atoms with Crippen LogP contribution in [0.4, 0.5) is 0 Å². The van der Waals surface area contributed by atoms with E-state index in [4.69, 9.17) is 5.73 Å². The van der Waals surface area contributed by atoms with Gasteiger partial charge in [0.25, 0.3) is 0 Å². The summed E-state index contributed by atoms with van der Waals surface area (Å²) in [4.78, 5) is 4.64. The lowest BCUT2D eigenvalue weighted by Gasteiger charge is -1.99. The van der Waals surface area contributed by atoms with E-state index in [1.807, 2.05) is 47.0 Å². The summed E-state index contributed by atoms with van der Waals surface area (Å²) in [5.41, 5.74) is 11.4. The lowest BCUT2D eigenvalue weighted by Crippen LogP contribution is -1.99. The largest absolute Gasteiger partial charge is 0.326 e. The summed E-state index contributed by atoms with van der Waals surface area (Å²) in [7, 11) is 1.95. The molecule has 1 aromatic carbocycles. The van der Waals surface area contributed by atoms with Gasteiger partial charge >= 0.3 is 0 Å². The van der Waals surface area contributed by atoms with Crippen LogP contribution in [0.15, 0.2) is 54.3 Å². The lowest BCUT2D eigenvalue weighted by molar-refractivity contribution is 0.676. The minimum atomic E-state index is 0.572. The van der Waals surface area contributed by atoms with Gasteiger partial charge in [-0.05, 0) is 30.5 Å². The van der Waals surface area contributed by atoms with Crippen molar-refractivity contribution in [1.82, 2.24) is 24.5 Å². The lowest BCUT2D eigenvalue weighted by atomic mass is 10.1. The highest BCUT2D eigenvalue weighted by Crippen LogP contribution is 2.24. The van der Waals surface area contributed by atoms with Crippen LogP contribution in [0.25, 0.3) is 10.6 Å². The molecule has 6 nitrogen and oxygen atoms in total. The van der Waals surface area contributed by atoms with Crippen molar-refractivity contribution in [2.45, 2.75) is 33.4 Å². The minimum Gasteiger partial charge on any atom is -0.326 e. The smallest absolute Gasteiger partial charge is 0.123 e. The molecule has 0 aliphatic carbocycles. The molecule has 0 aliphatic heterocycles. The Morgan fingerprint density at radius 2 is 1.96 bits per heavy atom. The number of aromatic nitrogens is 5. The van der Waals surface area contributed by atoms with E-state index in [9.17, 15) is 0 Å². The van der Waals surface area contributed by atoms with E-state index in [1.165, 1.54) is 11.3 Å². The van der Waals surface area contributed by atoms with Crippen LogP contribution >= 0.6 is 11.3 Å². The molecule has 28 heavy (non-hydrogen) atoms. The second kappa shape index (κ2) is 9.43. The molecule has 0 saturated carbocycles. The molecule has 0 saturated heterocycles. The normalized spacial score (nSPS) is 10.6. The van der Waals surface area contributed by atoms with E-state index in [0.717, 1.165) is 28.2 Å². The van der Waals surface area contributed by atoms with Crippen molar-refractivity contribution in [3.05, 3.63) is 76.8 Å². The van der Waals surface area contributed by atoms with Crippen LogP contribution in [0.3, 0.4) is 0 Å². The van der Waals surface area contributed by atoms with Crippen molar-refractivity contribution in [2.24, 2.45) is 12.8 Å². The quantitative estimate of drug-likeness (QED) is 0.559. The molecular formula is C21H26N6S. The number of aryl methyl sites for hydroxylation is 3. The maximum atomic E-state index is 5.60. The van der Waals surface area contributed by atoms with E-state index in [-0.39, 0.29) is 0 Å². The van der Waals surface area contributed by atoms with Crippen LogP contribution in [-0.2, 0) is 26.6 Å². The van der Waals surface area contributed by atoms with Crippen LogP contribution in [0.1, 0.15) is 29.4 Å². The first-order valence-corrected chi connectivity index (χ1v) is 10.2. The van der Waals surface area contributed by atoms with Gasteiger partial charge in [0.05, 0.1) is 17.9 Å². The average Bonchev–Trinajstić information content (AvgIpc) is 3.45. The molecule has 4 rings (SSSR count). The summed E-state index contributed by atoms with van der Waals surface area (Å²) >= 11 is 1.65. The van der Waals surface area contributed by atoms with Crippen molar-refractivity contribution in [3.8, 4) is 10.6 Å². The van der Waals surface area contributed by atoms with Crippen molar-refractivity contribution >= 4 is 11.3 Å². The maximum Gasteiger partial charge on any atom is 0.123 e. The topological polar surface area (TPSA) is 74.6 Å². The SMILES string of the molecule is CCc1nn(C)cc1C.NCc1ccc(-c2nc(Cn3cccn3)cs2)cc1. The fourth-order valence-electron chi connectivity index (χ4n) is 2.86. The third kappa shape index (κ3) is 5.15. The van der Waals surface area contributed by atoms with Gasteiger partial charge in [-0.25, -0.2) is 4.98 Å². The highest BCUT2D eigenvalue weighted by atomic mass is 32.1. The molecule has 0 unspecified atom stereocenters. The van der Waals surface area contributed by atoms with Crippen LogP contribution in [-0.4, -0.2) is 24.5 Å². The number of thiazole rings is 1. The monoisotopic (exact) mass is 394 g/mol. The second-order valence-corrected chi connectivity index (χ2v) is 7.39. The fourth-order valence-corrected chi connectivity index (χ4v) is 3.68. The molecule has 0 spiro atoms. The molecule has 2 N–H and O–H groups in total.